The van der Waals surface area contributed by atoms with Gasteiger partial charge in [-0.3, -0.25) is 4.90 Å². The van der Waals surface area contributed by atoms with E-state index in [1.165, 1.54) is 12.0 Å². The Morgan fingerprint density at radius 3 is 2.90 bits per heavy atom. The molecule has 0 spiro atoms. The van der Waals surface area contributed by atoms with Crippen molar-refractivity contribution >= 4 is 0 Å². The fraction of sp³-hybridized carbons (Fsp3) is 0.647. The van der Waals surface area contributed by atoms with Gasteiger partial charge in [0.25, 0.3) is 0 Å². The number of hydrogen-bond donors (Lipinski definition) is 1. The second-order valence-corrected chi connectivity index (χ2v) is 6.12. The number of aliphatic hydroxyl groups excluding tert-OH is 1. The van der Waals surface area contributed by atoms with Crippen molar-refractivity contribution in [3.8, 4) is 0 Å². The van der Waals surface area contributed by atoms with Crippen LogP contribution in [0, 0.1) is 5.92 Å². The molecule has 2 aliphatic rings. The molecule has 20 heavy (non-hydrogen) atoms. The number of benzene rings is 1. The van der Waals surface area contributed by atoms with Crippen molar-refractivity contribution in [2.75, 3.05) is 26.2 Å². The Morgan fingerprint density at radius 1 is 1.35 bits per heavy atom. The molecule has 1 heterocycles. The van der Waals surface area contributed by atoms with E-state index in [1.807, 2.05) is 6.07 Å². The molecule has 1 aliphatic carbocycles. The fourth-order valence-electron chi connectivity index (χ4n) is 3.41. The third kappa shape index (κ3) is 3.05. The molecule has 1 N–H and O–H groups in total. The summed E-state index contributed by atoms with van der Waals surface area (Å²) in [4.78, 5) is 2.41. The zero-order valence-electron chi connectivity index (χ0n) is 12.2. The van der Waals surface area contributed by atoms with Crippen molar-refractivity contribution in [2.45, 2.75) is 37.9 Å². The van der Waals surface area contributed by atoms with Crippen LogP contribution < -0.4 is 0 Å². The first-order chi connectivity index (χ1) is 9.79. The number of ether oxygens (including phenoxy) is 1. The summed E-state index contributed by atoms with van der Waals surface area (Å²) in [5, 5.41) is 10.6. The molecular formula is C17H25NO2. The summed E-state index contributed by atoms with van der Waals surface area (Å²) in [7, 11) is 0. The molecule has 0 aromatic heterocycles. The third-order valence-corrected chi connectivity index (χ3v) is 4.60. The molecule has 0 bridgehead atoms. The highest BCUT2D eigenvalue weighted by Crippen LogP contribution is 2.50. The minimum absolute atomic E-state index is 0.00554. The summed E-state index contributed by atoms with van der Waals surface area (Å²) >= 11 is 0. The molecule has 1 aromatic carbocycles. The van der Waals surface area contributed by atoms with Gasteiger partial charge in [-0.05, 0) is 36.8 Å². The maximum Gasteiger partial charge on any atom is 0.0963 e. The second kappa shape index (κ2) is 6.25. The maximum absolute atomic E-state index is 10.6. The van der Waals surface area contributed by atoms with E-state index in [2.05, 4.69) is 36.1 Å². The Bertz CT molecular complexity index is 420. The van der Waals surface area contributed by atoms with E-state index in [0.717, 1.165) is 32.7 Å². The first kappa shape index (κ1) is 14.1. The number of aliphatic hydroxyl groups is 1. The molecule has 1 saturated heterocycles. The van der Waals surface area contributed by atoms with Crippen molar-refractivity contribution in [3.63, 3.8) is 0 Å². The predicted octanol–water partition coefficient (Wildman–Crippen LogP) is 2.26. The van der Waals surface area contributed by atoms with Crippen LogP contribution in [-0.2, 0) is 4.74 Å². The van der Waals surface area contributed by atoms with E-state index >= 15 is 0 Å². The van der Waals surface area contributed by atoms with E-state index in [9.17, 15) is 5.11 Å². The first-order valence-corrected chi connectivity index (χ1v) is 7.86. The molecule has 0 radical (unpaired) electrons. The van der Waals surface area contributed by atoms with Crippen LogP contribution in [0.2, 0.25) is 0 Å². The lowest BCUT2D eigenvalue weighted by molar-refractivity contribution is -0.0950. The highest BCUT2D eigenvalue weighted by atomic mass is 16.5. The number of rotatable bonds is 5. The fourth-order valence-corrected chi connectivity index (χ4v) is 3.41. The van der Waals surface area contributed by atoms with Gasteiger partial charge in [-0.15, -0.1) is 0 Å². The Balaban J connectivity index is 1.56. The van der Waals surface area contributed by atoms with Crippen LogP contribution in [0.5, 0.6) is 0 Å². The standard InChI is InChI=1S/C17H25NO2/c1-2-8-18-9-10-20-16(12-18)17(19)15-11-14(15)13-6-4-3-5-7-13/h3-7,14-17,19H,2,8-12H2,1H3. The van der Waals surface area contributed by atoms with Gasteiger partial charge in [0.2, 0.25) is 0 Å². The van der Waals surface area contributed by atoms with Crippen LogP contribution >= 0.6 is 0 Å². The summed E-state index contributed by atoms with van der Waals surface area (Å²) < 4.78 is 5.81. The van der Waals surface area contributed by atoms with Crippen molar-refractivity contribution in [1.29, 1.82) is 0 Å². The van der Waals surface area contributed by atoms with Crippen molar-refractivity contribution < 1.29 is 9.84 Å². The monoisotopic (exact) mass is 275 g/mol. The van der Waals surface area contributed by atoms with Crippen molar-refractivity contribution in [3.05, 3.63) is 35.9 Å². The molecule has 1 saturated carbocycles. The molecule has 3 nitrogen and oxygen atoms in total. The number of morpholine rings is 1. The normalized spacial score (nSPS) is 32.0. The Morgan fingerprint density at radius 2 is 2.15 bits per heavy atom. The van der Waals surface area contributed by atoms with E-state index in [-0.39, 0.29) is 12.2 Å². The van der Waals surface area contributed by atoms with Gasteiger partial charge >= 0.3 is 0 Å². The highest BCUT2D eigenvalue weighted by Gasteiger charge is 2.47. The molecule has 0 amide bonds. The SMILES string of the molecule is CCCN1CCOC(C(O)C2CC2c2ccccc2)C1. The quantitative estimate of drug-likeness (QED) is 0.894. The van der Waals surface area contributed by atoms with E-state index in [0.29, 0.717) is 11.8 Å². The minimum Gasteiger partial charge on any atom is -0.390 e. The second-order valence-electron chi connectivity index (χ2n) is 6.12. The van der Waals surface area contributed by atoms with Crippen molar-refractivity contribution in [1.82, 2.24) is 4.90 Å². The van der Waals surface area contributed by atoms with E-state index < -0.39 is 0 Å². The van der Waals surface area contributed by atoms with E-state index in [4.69, 9.17) is 4.74 Å². The smallest absolute Gasteiger partial charge is 0.0963 e. The minimum atomic E-state index is -0.320. The number of nitrogens with zero attached hydrogens (tertiary/aromatic N) is 1. The summed E-state index contributed by atoms with van der Waals surface area (Å²) in [6, 6.07) is 10.5. The van der Waals surface area contributed by atoms with Crippen LogP contribution in [0.1, 0.15) is 31.2 Å². The zero-order chi connectivity index (χ0) is 13.9. The summed E-state index contributed by atoms with van der Waals surface area (Å²) in [6.45, 7) is 5.95. The van der Waals surface area contributed by atoms with Crippen LogP contribution in [0.25, 0.3) is 0 Å². The van der Waals surface area contributed by atoms with Crippen LogP contribution in [0.15, 0.2) is 30.3 Å². The molecule has 4 atom stereocenters. The molecular weight excluding hydrogens is 250 g/mol. The van der Waals surface area contributed by atoms with Gasteiger partial charge in [0.1, 0.15) is 0 Å². The van der Waals surface area contributed by atoms with Gasteiger partial charge in [0.05, 0.1) is 18.8 Å². The van der Waals surface area contributed by atoms with Crippen LogP contribution in [0.4, 0.5) is 0 Å². The lowest BCUT2D eigenvalue weighted by Gasteiger charge is -2.35. The highest BCUT2D eigenvalue weighted by molar-refractivity contribution is 5.26. The van der Waals surface area contributed by atoms with E-state index in [1.54, 1.807) is 0 Å². The molecule has 3 rings (SSSR count). The molecule has 1 aromatic rings. The summed E-state index contributed by atoms with van der Waals surface area (Å²) in [5.74, 6) is 0.903. The van der Waals surface area contributed by atoms with Crippen LogP contribution in [-0.4, -0.2) is 48.5 Å². The molecule has 1 aliphatic heterocycles. The summed E-state index contributed by atoms with van der Waals surface area (Å²) in [6.07, 6.45) is 1.94. The third-order valence-electron chi connectivity index (χ3n) is 4.60. The molecule has 3 heteroatoms. The van der Waals surface area contributed by atoms with Crippen molar-refractivity contribution in [2.24, 2.45) is 5.92 Å². The average molecular weight is 275 g/mol. The Kier molecular flexibility index (Phi) is 4.39. The van der Waals surface area contributed by atoms with Gasteiger partial charge in [0, 0.05) is 13.1 Å². The predicted molar refractivity (Wildman–Crippen MR) is 79.8 cm³/mol. The molecule has 2 fully saturated rings. The topological polar surface area (TPSA) is 32.7 Å². The average Bonchev–Trinajstić information content (AvgIpc) is 3.29. The maximum atomic E-state index is 10.6. The Hall–Kier alpha value is -0.900. The van der Waals surface area contributed by atoms with Gasteiger partial charge < -0.3 is 9.84 Å². The number of hydrogen-bond acceptors (Lipinski definition) is 3. The van der Waals surface area contributed by atoms with Gasteiger partial charge in [-0.1, -0.05) is 37.3 Å². The largest absolute Gasteiger partial charge is 0.390 e. The molecule has 4 unspecified atom stereocenters. The van der Waals surface area contributed by atoms with Gasteiger partial charge in [0.15, 0.2) is 0 Å². The summed E-state index contributed by atoms with van der Waals surface area (Å²) in [5.41, 5.74) is 1.36. The lowest BCUT2D eigenvalue weighted by atomic mass is 10.0. The van der Waals surface area contributed by atoms with Crippen LogP contribution in [0.3, 0.4) is 0 Å². The first-order valence-electron chi connectivity index (χ1n) is 7.86. The zero-order valence-corrected chi connectivity index (χ0v) is 12.2. The lowest BCUT2D eigenvalue weighted by Crippen LogP contribution is -2.48. The van der Waals surface area contributed by atoms with Gasteiger partial charge in [-0.25, -0.2) is 0 Å². The molecule has 110 valence electrons. The Labute approximate surface area is 121 Å². The van der Waals surface area contributed by atoms with Gasteiger partial charge in [-0.2, -0.15) is 0 Å².